The van der Waals surface area contributed by atoms with Crippen molar-refractivity contribution >= 4 is 17.6 Å². The molecule has 1 aromatic carbocycles. The number of rotatable bonds is 7. The Morgan fingerprint density at radius 1 is 1.12 bits per heavy atom. The Bertz CT molecular complexity index is 663. The van der Waals surface area contributed by atoms with E-state index in [0.29, 0.717) is 12.4 Å². The van der Waals surface area contributed by atoms with E-state index in [1.54, 1.807) is 14.1 Å². The molecule has 0 spiro atoms. The van der Waals surface area contributed by atoms with E-state index in [-0.39, 0.29) is 29.5 Å². The van der Waals surface area contributed by atoms with Crippen molar-refractivity contribution in [2.75, 3.05) is 27.7 Å². The fourth-order valence-corrected chi connectivity index (χ4v) is 2.30. The zero-order valence-electron chi connectivity index (χ0n) is 15.3. The standard InChI is InChI=1S/C18H27N5O2/c1-12-5-7-13(8-6-12)9-10-23-15(24)11-14(19)16(18(25)22-4)17(20-2)21-3/h5-8H,9-11,19H2,1-4H3,(H,20,21)(H,22,25)(H,23,24). The van der Waals surface area contributed by atoms with Crippen LogP contribution in [0.25, 0.3) is 0 Å². The van der Waals surface area contributed by atoms with Gasteiger partial charge in [0, 0.05) is 33.4 Å². The number of hydrogen-bond acceptors (Lipinski definition) is 4. The molecule has 0 aromatic heterocycles. The number of amidine groups is 1. The number of amides is 2. The first-order valence-corrected chi connectivity index (χ1v) is 8.10. The topological polar surface area (TPSA) is 109 Å². The van der Waals surface area contributed by atoms with Crippen molar-refractivity contribution in [3.05, 3.63) is 46.7 Å². The fraction of sp³-hybridized carbons (Fsp3) is 0.389. The number of aryl methyl sites for hydroxylation is 1. The van der Waals surface area contributed by atoms with Gasteiger partial charge in [-0.3, -0.25) is 14.6 Å². The molecule has 7 heteroatoms. The Hall–Kier alpha value is -2.83. The van der Waals surface area contributed by atoms with Crippen molar-refractivity contribution in [1.29, 1.82) is 0 Å². The maximum Gasteiger partial charge on any atom is 0.256 e. The lowest BCUT2D eigenvalue weighted by Crippen LogP contribution is -2.35. The summed E-state index contributed by atoms with van der Waals surface area (Å²) < 4.78 is 0. The third kappa shape index (κ3) is 6.29. The van der Waals surface area contributed by atoms with Crippen LogP contribution in [-0.2, 0) is 16.0 Å². The minimum Gasteiger partial charge on any atom is -0.401 e. The van der Waals surface area contributed by atoms with Crippen LogP contribution in [0.3, 0.4) is 0 Å². The molecular weight excluding hydrogens is 318 g/mol. The van der Waals surface area contributed by atoms with Gasteiger partial charge in [-0.15, -0.1) is 0 Å². The molecule has 0 unspecified atom stereocenters. The number of hydrogen-bond donors (Lipinski definition) is 4. The maximum atomic E-state index is 12.1. The molecule has 0 radical (unpaired) electrons. The monoisotopic (exact) mass is 345 g/mol. The molecule has 0 saturated heterocycles. The zero-order valence-corrected chi connectivity index (χ0v) is 15.3. The van der Waals surface area contributed by atoms with E-state index < -0.39 is 0 Å². The molecule has 1 aromatic rings. The lowest BCUT2D eigenvalue weighted by atomic mass is 10.1. The zero-order chi connectivity index (χ0) is 18.8. The van der Waals surface area contributed by atoms with Crippen molar-refractivity contribution in [3.8, 4) is 0 Å². The van der Waals surface area contributed by atoms with E-state index in [9.17, 15) is 9.59 Å². The molecule has 0 bridgehead atoms. The van der Waals surface area contributed by atoms with Gasteiger partial charge in [-0.1, -0.05) is 29.8 Å². The number of benzene rings is 1. The highest BCUT2D eigenvalue weighted by Crippen LogP contribution is 2.06. The van der Waals surface area contributed by atoms with Crippen molar-refractivity contribution in [2.45, 2.75) is 19.8 Å². The van der Waals surface area contributed by atoms with Gasteiger partial charge in [0.2, 0.25) is 5.91 Å². The van der Waals surface area contributed by atoms with Gasteiger partial charge in [0.1, 0.15) is 11.4 Å². The van der Waals surface area contributed by atoms with Crippen LogP contribution >= 0.6 is 0 Å². The Morgan fingerprint density at radius 3 is 2.28 bits per heavy atom. The number of nitrogens with one attached hydrogen (secondary N) is 3. The molecule has 25 heavy (non-hydrogen) atoms. The Balaban J connectivity index is 2.68. The Morgan fingerprint density at radius 2 is 1.76 bits per heavy atom. The molecule has 0 aliphatic rings. The van der Waals surface area contributed by atoms with Crippen molar-refractivity contribution in [2.24, 2.45) is 10.7 Å². The normalized spacial score (nSPS) is 12.2. The summed E-state index contributed by atoms with van der Waals surface area (Å²) in [4.78, 5) is 28.1. The third-order valence-corrected chi connectivity index (χ3v) is 3.68. The second-order valence-electron chi connectivity index (χ2n) is 5.56. The predicted octanol–water partition coefficient (Wildman–Crippen LogP) is 0.250. The predicted molar refractivity (Wildman–Crippen MR) is 100 cm³/mol. The van der Waals surface area contributed by atoms with E-state index in [0.717, 1.165) is 12.0 Å². The minimum absolute atomic E-state index is 0.0721. The first kappa shape index (κ1) is 20.2. The minimum atomic E-state index is -0.389. The number of nitrogens with zero attached hydrogens (tertiary/aromatic N) is 1. The summed E-state index contributed by atoms with van der Waals surface area (Å²) in [6.07, 6.45) is 0.660. The highest BCUT2D eigenvalue weighted by Gasteiger charge is 2.19. The molecule has 0 aliphatic heterocycles. The summed E-state index contributed by atoms with van der Waals surface area (Å²) in [6, 6.07) is 8.15. The molecule has 0 fully saturated rings. The van der Waals surface area contributed by atoms with Crippen LogP contribution in [0.2, 0.25) is 0 Å². The molecule has 0 aliphatic carbocycles. The summed E-state index contributed by atoms with van der Waals surface area (Å²) in [5.74, 6) is -0.290. The van der Waals surface area contributed by atoms with Gasteiger partial charge in [0.25, 0.3) is 5.91 Å². The van der Waals surface area contributed by atoms with Gasteiger partial charge in [0.15, 0.2) is 0 Å². The van der Waals surface area contributed by atoms with Gasteiger partial charge in [-0.25, -0.2) is 0 Å². The van der Waals surface area contributed by atoms with Crippen molar-refractivity contribution in [3.63, 3.8) is 0 Å². The number of aliphatic imine (C=N–C) groups is 1. The highest BCUT2D eigenvalue weighted by atomic mass is 16.2. The molecule has 0 heterocycles. The molecule has 0 saturated carbocycles. The second kappa shape index (κ2) is 10.1. The van der Waals surface area contributed by atoms with Gasteiger partial charge in [0.05, 0.1) is 6.42 Å². The second-order valence-corrected chi connectivity index (χ2v) is 5.56. The summed E-state index contributed by atoms with van der Waals surface area (Å²) >= 11 is 0. The summed E-state index contributed by atoms with van der Waals surface area (Å²) in [7, 11) is 4.68. The van der Waals surface area contributed by atoms with Crippen molar-refractivity contribution < 1.29 is 9.59 Å². The quantitative estimate of drug-likeness (QED) is 0.323. The van der Waals surface area contributed by atoms with E-state index in [4.69, 9.17) is 5.73 Å². The first-order valence-electron chi connectivity index (χ1n) is 8.10. The van der Waals surface area contributed by atoms with Crippen LogP contribution in [0.5, 0.6) is 0 Å². The smallest absolute Gasteiger partial charge is 0.256 e. The van der Waals surface area contributed by atoms with E-state index >= 15 is 0 Å². The highest BCUT2D eigenvalue weighted by molar-refractivity contribution is 6.21. The molecule has 136 valence electrons. The van der Waals surface area contributed by atoms with Crippen LogP contribution in [0.4, 0.5) is 0 Å². The van der Waals surface area contributed by atoms with E-state index in [1.165, 1.54) is 12.6 Å². The fourth-order valence-electron chi connectivity index (χ4n) is 2.30. The molecule has 1 rings (SSSR count). The summed E-state index contributed by atoms with van der Waals surface area (Å²) in [5, 5.41) is 8.14. The summed E-state index contributed by atoms with van der Waals surface area (Å²) in [5.41, 5.74) is 8.68. The SMILES string of the molecule is CN=C(NC)C(C(=O)NC)=C(N)CC(=O)NCCc1ccc(C)cc1. The van der Waals surface area contributed by atoms with Crippen LogP contribution in [0, 0.1) is 6.92 Å². The van der Waals surface area contributed by atoms with Gasteiger partial charge >= 0.3 is 0 Å². The van der Waals surface area contributed by atoms with Crippen LogP contribution in [-0.4, -0.2) is 45.3 Å². The molecular formula is C18H27N5O2. The Kier molecular flexibility index (Phi) is 8.18. The number of carbonyl (C=O) groups is 2. The van der Waals surface area contributed by atoms with Gasteiger partial charge < -0.3 is 21.7 Å². The number of carbonyl (C=O) groups excluding carboxylic acids is 2. The lowest BCUT2D eigenvalue weighted by molar-refractivity contribution is -0.120. The number of likely N-dealkylation sites (N-methyl/N-ethyl adjacent to an activating group) is 2. The van der Waals surface area contributed by atoms with Crippen LogP contribution in [0.1, 0.15) is 17.5 Å². The summed E-state index contributed by atoms with van der Waals surface area (Å²) in [6.45, 7) is 2.54. The Labute approximate surface area is 148 Å². The average Bonchev–Trinajstić information content (AvgIpc) is 2.60. The van der Waals surface area contributed by atoms with Crippen molar-refractivity contribution in [1.82, 2.24) is 16.0 Å². The van der Waals surface area contributed by atoms with E-state index in [1.807, 2.05) is 31.2 Å². The molecule has 5 N–H and O–H groups in total. The average molecular weight is 345 g/mol. The van der Waals surface area contributed by atoms with Gasteiger partial charge in [-0.2, -0.15) is 0 Å². The molecule has 7 nitrogen and oxygen atoms in total. The van der Waals surface area contributed by atoms with E-state index in [2.05, 4.69) is 20.9 Å². The third-order valence-electron chi connectivity index (χ3n) is 3.68. The van der Waals surface area contributed by atoms with Crippen LogP contribution < -0.4 is 21.7 Å². The van der Waals surface area contributed by atoms with Gasteiger partial charge in [-0.05, 0) is 18.9 Å². The molecule has 2 amide bonds. The molecule has 0 atom stereocenters. The first-order chi connectivity index (χ1) is 11.9. The largest absolute Gasteiger partial charge is 0.401 e. The van der Waals surface area contributed by atoms with Crippen LogP contribution in [0.15, 0.2) is 40.5 Å². The lowest BCUT2D eigenvalue weighted by Gasteiger charge is -2.13. The number of nitrogens with two attached hydrogens (primary N) is 1. The maximum absolute atomic E-state index is 12.1.